The lowest BCUT2D eigenvalue weighted by Crippen LogP contribution is -1.98. The minimum atomic E-state index is -3.13. The van der Waals surface area contributed by atoms with Gasteiger partial charge in [0.25, 0.3) is 0 Å². The van der Waals surface area contributed by atoms with Gasteiger partial charge in [-0.05, 0) is 11.6 Å². The van der Waals surface area contributed by atoms with Crippen molar-refractivity contribution in [1.82, 2.24) is 9.97 Å². The van der Waals surface area contributed by atoms with E-state index in [-0.39, 0.29) is 6.16 Å². The quantitative estimate of drug-likeness (QED) is 0.500. The Morgan fingerprint density at radius 3 is 2.00 bits per heavy atom. The molecule has 1 heterocycles. The van der Waals surface area contributed by atoms with Crippen LogP contribution in [0.15, 0.2) is 36.4 Å². The average molecular weight is 418 g/mol. The number of hydrogen-bond donors (Lipinski definition) is 0. The molecule has 0 spiro atoms. The molecule has 0 aliphatic heterocycles. The first-order valence-corrected chi connectivity index (χ1v) is 10.5. The lowest BCUT2D eigenvalue weighted by Gasteiger charge is -2.14. The Hall–Kier alpha value is -2.67. The Morgan fingerprint density at radius 1 is 0.828 bits per heavy atom. The number of aromatic nitrogens is 2. The first kappa shape index (κ1) is 21.0. The number of nitrogens with zero attached hydrogens (tertiary/aromatic N) is 2. The summed E-state index contributed by atoms with van der Waals surface area (Å²) in [5.74, 6) is 2.06. The molecule has 0 N–H and O–H groups in total. The zero-order valence-electron chi connectivity index (χ0n) is 17.0. The van der Waals surface area contributed by atoms with Crippen LogP contribution in [0.2, 0.25) is 0 Å². The number of hydrogen-bond acceptors (Lipinski definition) is 8. The van der Waals surface area contributed by atoms with Gasteiger partial charge in [0.05, 0.1) is 38.4 Å². The third-order valence-corrected chi connectivity index (χ3v) is 6.37. The van der Waals surface area contributed by atoms with E-state index in [2.05, 4.69) is 9.97 Å². The van der Waals surface area contributed by atoms with Gasteiger partial charge < -0.3 is 23.3 Å². The summed E-state index contributed by atoms with van der Waals surface area (Å²) in [6, 6.07) is 11.0. The largest absolute Gasteiger partial charge is 0.493 e. The highest BCUT2D eigenvalue weighted by atomic mass is 31.2. The van der Waals surface area contributed by atoms with Gasteiger partial charge in [0, 0.05) is 25.8 Å². The molecule has 0 aliphatic carbocycles. The Balaban J connectivity index is 2.02. The molecule has 29 heavy (non-hydrogen) atoms. The molecule has 3 rings (SSSR count). The fraction of sp³-hybridized carbons (Fsp3) is 0.300. The van der Waals surface area contributed by atoms with E-state index < -0.39 is 7.60 Å². The molecular weight excluding hydrogens is 395 g/mol. The first-order chi connectivity index (χ1) is 14.0. The molecule has 154 valence electrons. The van der Waals surface area contributed by atoms with Gasteiger partial charge in [-0.2, -0.15) is 4.98 Å². The van der Waals surface area contributed by atoms with E-state index in [0.29, 0.717) is 34.1 Å². The molecule has 0 bridgehead atoms. The topological polar surface area (TPSA) is 89.0 Å². The van der Waals surface area contributed by atoms with Crippen LogP contribution in [-0.4, -0.2) is 45.5 Å². The highest BCUT2D eigenvalue weighted by Gasteiger charge is 2.21. The molecule has 8 nitrogen and oxygen atoms in total. The van der Waals surface area contributed by atoms with E-state index in [4.69, 9.17) is 23.3 Å². The van der Waals surface area contributed by atoms with Crippen molar-refractivity contribution in [2.45, 2.75) is 6.16 Å². The third kappa shape index (κ3) is 4.34. The van der Waals surface area contributed by atoms with Crippen molar-refractivity contribution in [3.63, 3.8) is 0 Å². The zero-order chi connectivity index (χ0) is 21.0. The molecule has 0 atom stereocenters. The van der Waals surface area contributed by atoms with Crippen LogP contribution in [0.1, 0.15) is 5.56 Å². The van der Waals surface area contributed by atoms with E-state index in [9.17, 15) is 4.57 Å². The van der Waals surface area contributed by atoms with Gasteiger partial charge in [0.15, 0.2) is 17.3 Å². The van der Waals surface area contributed by atoms with E-state index in [1.54, 1.807) is 33.5 Å². The smallest absolute Gasteiger partial charge is 0.334 e. The van der Waals surface area contributed by atoms with E-state index in [1.807, 2.05) is 24.3 Å². The van der Waals surface area contributed by atoms with Crippen LogP contribution in [0.4, 0.5) is 0 Å². The number of methoxy groups -OCH3 is 3. The lowest BCUT2D eigenvalue weighted by atomic mass is 10.1. The van der Waals surface area contributed by atoms with Crippen molar-refractivity contribution in [2.75, 3.05) is 35.5 Å². The fourth-order valence-corrected chi connectivity index (χ4v) is 3.96. The second-order valence-corrected chi connectivity index (χ2v) is 8.38. The summed E-state index contributed by atoms with van der Waals surface area (Å²) in [6.45, 7) is 0. The zero-order valence-corrected chi connectivity index (χ0v) is 17.9. The third-order valence-electron chi connectivity index (χ3n) is 4.50. The maximum absolute atomic E-state index is 12.3. The van der Waals surface area contributed by atoms with Gasteiger partial charge >= 0.3 is 7.60 Å². The molecule has 3 aromatic rings. The van der Waals surface area contributed by atoms with Crippen molar-refractivity contribution >= 4 is 18.5 Å². The minimum Gasteiger partial charge on any atom is -0.493 e. The number of rotatable bonds is 8. The molecule has 1 aromatic heterocycles. The molecule has 0 aliphatic rings. The second-order valence-electron chi connectivity index (χ2n) is 6.11. The summed E-state index contributed by atoms with van der Waals surface area (Å²) in [7, 11) is 4.31. The number of fused-ring (bicyclic) bond motifs is 1. The molecular formula is C20H23N2O6P. The van der Waals surface area contributed by atoms with Gasteiger partial charge in [-0.25, -0.2) is 4.98 Å². The Morgan fingerprint density at radius 2 is 1.45 bits per heavy atom. The van der Waals surface area contributed by atoms with Crippen molar-refractivity contribution in [2.24, 2.45) is 0 Å². The van der Waals surface area contributed by atoms with Crippen LogP contribution in [-0.2, 0) is 19.8 Å². The maximum Gasteiger partial charge on any atom is 0.334 e. The monoisotopic (exact) mass is 418 g/mol. The highest BCUT2D eigenvalue weighted by Crippen LogP contribution is 2.49. The van der Waals surface area contributed by atoms with Gasteiger partial charge in [-0.1, -0.05) is 24.3 Å². The molecule has 0 radical (unpaired) electrons. The van der Waals surface area contributed by atoms with E-state index in [0.717, 1.165) is 11.1 Å². The lowest BCUT2D eigenvalue weighted by molar-refractivity contribution is 0.275. The van der Waals surface area contributed by atoms with Crippen LogP contribution in [0, 0.1) is 0 Å². The number of ether oxygens (including phenoxy) is 3. The highest BCUT2D eigenvalue weighted by molar-refractivity contribution is 7.52. The van der Waals surface area contributed by atoms with Crippen LogP contribution in [0.5, 0.6) is 17.4 Å². The molecule has 0 saturated carbocycles. The molecule has 0 unspecified atom stereocenters. The molecule has 0 fully saturated rings. The van der Waals surface area contributed by atoms with Crippen molar-refractivity contribution in [3.8, 4) is 28.8 Å². The van der Waals surface area contributed by atoms with Crippen molar-refractivity contribution < 1.29 is 27.8 Å². The number of benzene rings is 2. The normalized spacial score (nSPS) is 11.5. The SMILES string of the molecule is COc1cc2nc(-c3ccc(CP(=O)(OC)OC)cc3)nc(OC)c2cc1OC. The van der Waals surface area contributed by atoms with Crippen LogP contribution in [0.25, 0.3) is 22.3 Å². The Labute approximate surface area is 169 Å². The van der Waals surface area contributed by atoms with Crippen LogP contribution >= 0.6 is 7.60 Å². The minimum absolute atomic E-state index is 0.180. The summed E-state index contributed by atoms with van der Waals surface area (Å²) in [4.78, 5) is 9.17. The van der Waals surface area contributed by atoms with Crippen LogP contribution < -0.4 is 14.2 Å². The Kier molecular flexibility index (Phi) is 6.37. The average Bonchev–Trinajstić information content (AvgIpc) is 2.77. The summed E-state index contributed by atoms with van der Waals surface area (Å²) in [6.07, 6.45) is 0.180. The molecule has 0 amide bonds. The van der Waals surface area contributed by atoms with Crippen LogP contribution in [0.3, 0.4) is 0 Å². The Bertz CT molecular complexity index is 1050. The van der Waals surface area contributed by atoms with Gasteiger partial charge in [-0.3, -0.25) is 4.57 Å². The predicted molar refractivity (Wildman–Crippen MR) is 110 cm³/mol. The summed E-state index contributed by atoms with van der Waals surface area (Å²) < 4.78 is 38.5. The summed E-state index contributed by atoms with van der Waals surface area (Å²) in [5, 5.41) is 0.714. The van der Waals surface area contributed by atoms with Crippen molar-refractivity contribution in [1.29, 1.82) is 0 Å². The first-order valence-electron chi connectivity index (χ1n) is 8.74. The van der Waals surface area contributed by atoms with Gasteiger partial charge in [-0.15, -0.1) is 0 Å². The fourth-order valence-electron chi connectivity index (χ4n) is 2.90. The van der Waals surface area contributed by atoms with E-state index in [1.165, 1.54) is 14.2 Å². The molecule has 2 aromatic carbocycles. The summed E-state index contributed by atoms with van der Waals surface area (Å²) in [5.41, 5.74) is 2.27. The molecule has 9 heteroatoms. The summed E-state index contributed by atoms with van der Waals surface area (Å²) >= 11 is 0. The van der Waals surface area contributed by atoms with Gasteiger partial charge in [0.1, 0.15) is 0 Å². The van der Waals surface area contributed by atoms with Gasteiger partial charge in [0.2, 0.25) is 5.88 Å². The standard InChI is InChI=1S/C20H23N2O6P/c1-24-17-10-15-16(11-18(17)25-2)21-19(22-20(15)26-3)14-8-6-13(7-9-14)12-29(23,27-4)28-5/h6-11H,12H2,1-5H3. The second kappa shape index (κ2) is 8.78. The predicted octanol–water partition coefficient (Wildman–Crippen LogP) is 4.31. The van der Waals surface area contributed by atoms with E-state index >= 15 is 0 Å². The molecule has 0 saturated heterocycles. The maximum atomic E-state index is 12.3. The van der Waals surface area contributed by atoms with Crippen molar-refractivity contribution in [3.05, 3.63) is 42.0 Å².